The Hall–Kier alpha value is -2.96. The Kier molecular flexibility index (Phi) is 4.39. The summed E-state index contributed by atoms with van der Waals surface area (Å²) in [5.41, 5.74) is 1.54. The van der Waals surface area contributed by atoms with Crippen LogP contribution < -0.4 is 11.0 Å². The van der Waals surface area contributed by atoms with Crippen molar-refractivity contribution < 1.29 is 13.6 Å². The normalized spacial score (nSPS) is 12.3. The van der Waals surface area contributed by atoms with Crippen LogP contribution in [0.2, 0.25) is 0 Å². The minimum absolute atomic E-state index is 0.159. The summed E-state index contributed by atoms with van der Waals surface area (Å²) in [5.74, 6) is -2.30. The number of aromatic nitrogens is 2. The first-order valence-corrected chi connectivity index (χ1v) is 7.77. The number of para-hydroxylation sites is 2. The second kappa shape index (κ2) is 6.51. The Morgan fingerprint density at radius 1 is 1.12 bits per heavy atom. The molecule has 0 fully saturated rings. The number of imidazole rings is 1. The maximum absolute atomic E-state index is 13.3. The van der Waals surface area contributed by atoms with Gasteiger partial charge in [0.1, 0.15) is 6.54 Å². The molecule has 1 aromatic heterocycles. The second-order valence-corrected chi connectivity index (χ2v) is 5.88. The van der Waals surface area contributed by atoms with Gasteiger partial charge in [0.2, 0.25) is 5.91 Å². The average Bonchev–Trinajstić information content (AvgIpc) is 2.82. The third kappa shape index (κ3) is 3.17. The van der Waals surface area contributed by atoms with Gasteiger partial charge in [-0.2, -0.15) is 0 Å². The standard InChI is InChI=1S/C18H17F2N3O2/c1-11(12-7-8-13(19)14(20)9-12)21-17(24)10-23-16-6-4-3-5-15(16)22(2)18(23)25/h3-9,11H,10H2,1-2H3,(H,21,24)/t11-/m0/s1. The van der Waals surface area contributed by atoms with Crippen molar-refractivity contribution in [2.45, 2.75) is 19.5 Å². The molecule has 1 N–H and O–H groups in total. The first-order chi connectivity index (χ1) is 11.9. The number of benzene rings is 2. The summed E-state index contributed by atoms with van der Waals surface area (Å²) < 4.78 is 29.2. The smallest absolute Gasteiger partial charge is 0.329 e. The van der Waals surface area contributed by atoms with E-state index in [-0.39, 0.29) is 12.2 Å². The molecule has 2 aromatic carbocycles. The first kappa shape index (κ1) is 16.9. The van der Waals surface area contributed by atoms with Crippen LogP contribution in [0.3, 0.4) is 0 Å². The van der Waals surface area contributed by atoms with Crippen molar-refractivity contribution in [1.29, 1.82) is 0 Å². The molecule has 0 radical (unpaired) electrons. The highest BCUT2D eigenvalue weighted by Crippen LogP contribution is 2.16. The predicted octanol–water partition coefficient (Wildman–Crippen LogP) is 2.50. The lowest BCUT2D eigenvalue weighted by atomic mass is 10.1. The Labute approximate surface area is 142 Å². The summed E-state index contributed by atoms with van der Waals surface area (Å²) >= 11 is 0. The Balaban J connectivity index is 1.80. The molecular weight excluding hydrogens is 328 g/mol. The molecule has 1 atom stereocenters. The minimum atomic E-state index is -0.969. The van der Waals surface area contributed by atoms with Gasteiger partial charge in [-0.25, -0.2) is 13.6 Å². The first-order valence-electron chi connectivity index (χ1n) is 7.77. The third-order valence-electron chi connectivity index (χ3n) is 4.17. The van der Waals surface area contributed by atoms with Crippen LogP contribution in [0.25, 0.3) is 11.0 Å². The lowest BCUT2D eigenvalue weighted by molar-refractivity contribution is -0.122. The van der Waals surface area contributed by atoms with Gasteiger partial charge in [-0.15, -0.1) is 0 Å². The molecule has 0 aliphatic rings. The quantitative estimate of drug-likeness (QED) is 0.790. The van der Waals surface area contributed by atoms with E-state index in [1.165, 1.54) is 15.2 Å². The lowest BCUT2D eigenvalue weighted by Crippen LogP contribution is -2.34. The summed E-state index contributed by atoms with van der Waals surface area (Å²) in [4.78, 5) is 24.6. The maximum Gasteiger partial charge on any atom is 0.329 e. The molecular formula is C18H17F2N3O2. The SMILES string of the molecule is C[C@H](NC(=O)Cn1c(=O)n(C)c2ccccc21)c1ccc(F)c(F)c1. The third-order valence-corrected chi connectivity index (χ3v) is 4.17. The van der Waals surface area contributed by atoms with Gasteiger partial charge in [-0.3, -0.25) is 13.9 Å². The number of fused-ring (bicyclic) bond motifs is 1. The van der Waals surface area contributed by atoms with Crippen LogP contribution in [0.4, 0.5) is 8.78 Å². The van der Waals surface area contributed by atoms with Crippen molar-refractivity contribution in [2.24, 2.45) is 7.05 Å². The molecule has 1 amide bonds. The van der Waals surface area contributed by atoms with Crippen LogP contribution in [0, 0.1) is 11.6 Å². The lowest BCUT2D eigenvalue weighted by Gasteiger charge is -2.15. The van der Waals surface area contributed by atoms with Crippen LogP contribution >= 0.6 is 0 Å². The molecule has 0 spiro atoms. The molecule has 1 heterocycles. The molecule has 3 aromatic rings. The zero-order valence-corrected chi connectivity index (χ0v) is 13.8. The van der Waals surface area contributed by atoms with Crippen molar-refractivity contribution in [3.63, 3.8) is 0 Å². The van der Waals surface area contributed by atoms with E-state index in [1.54, 1.807) is 32.2 Å². The van der Waals surface area contributed by atoms with Crippen molar-refractivity contribution in [3.8, 4) is 0 Å². The summed E-state index contributed by atoms with van der Waals surface area (Å²) in [6.07, 6.45) is 0. The molecule has 0 aliphatic heterocycles. The number of carbonyl (C=O) groups excluding carboxylic acids is 1. The molecule has 0 bridgehead atoms. The van der Waals surface area contributed by atoms with E-state index < -0.39 is 23.6 Å². The highest BCUT2D eigenvalue weighted by molar-refractivity contribution is 5.81. The summed E-state index contributed by atoms with van der Waals surface area (Å²) in [6, 6.07) is 10.1. The van der Waals surface area contributed by atoms with E-state index in [1.807, 2.05) is 6.07 Å². The summed E-state index contributed by atoms with van der Waals surface area (Å²) in [6.45, 7) is 1.50. The molecule has 3 rings (SSSR count). The van der Waals surface area contributed by atoms with Crippen molar-refractivity contribution in [1.82, 2.24) is 14.5 Å². The van der Waals surface area contributed by atoms with E-state index in [0.29, 0.717) is 11.1 Å². The fourth-order valence-electron chi connectivity index (χ4n) is 2.81. The van der Waals surface area contributed by atoms with E-state index >= 15 is 0 Å². The van der Waals surface area contributed by atoms with Gasteiger partial charge in [0.15, 0.2) is 11.6 Å². The number of rotatable bonds is 4. The fourth-order valence-corrected chi connectivity index (χ4v) is 2.81. The molecule has 0 saturated carbocycles. The van der Waals surface area contributed by atoms with E-state index in [2.05, 4.69) is 5.32 Å². The number of nitrogens with one attached hydrogen (secondary N) is 1. The van der Waals surface area contributed by atoms with Crippen LogP contribution in [0.5, 0.6) is 0 Å². The summed E-state index contributed by atoms with van der Waals surface area (Å²) in [7, 11) is 1.64. The van der Waals surface area contributed by atoms with Crippen molar-refractivity contribution in [3.05, 3.63) is 70.1 Å². The molecule has 130 valence electrons. The van der Waals surface area contributed by atoms with Crippen LogP contribution in [-0.4, -0.2) is 15.0 Å². The highest BCUT2D eigenvalue weighted by Gasteiger charge is 2.16. The molecule has 0 unspecified atom stereocenters. The van der Waals surface area contributed by atoms with E-state index in [0.717, 1.165) is 17.6 Å². The molecule has 25 heavy (non-hydrogen) atoms. The van der Waals surface area contributed by atoms with E-state index in [4.69, 9.17) is 0 Å². The molecule has 7 heteroatoms. The van der Waals surface area contributed by atoms with Gasteiger partial charge in [0, 0.05) is 7.05 Å². The van der Waals surface area contributed by atoms with Gasteiger partial charge >= 0.3 is 5.69 Å². The maximum atomic E-state index is 13.3. The zero-order chi connectivity index (χ0) is 18.1. The average molecular weight is 345 g/mol. The monoisotopic (exact) mass is 345 g/mol. The van der Waals surface area contributed by atoms with Crippen LogP contribution in [-0.2, 0) is 18.4 Å². The van der Waals surface area contributed by atoms with Gasteiger partial charge in [0.25, 0.3) is 0 Å². The fraction of sp³-hybridized carbons (Fsp3) is 0.222. The number of hydrogen-bond donors (Lipinski definition) is 1. The Morgan fingerprint density at radius 2 is 1.80 bits per heavy atom. The number of nitrogens with zero attached hydrogens (tertiary/aromatic N) is 2. The van der Waals surface area contributed by atoms with Crippen LogP contribution in [0.15, 0.2) is 47.3 Å². The Morgan fingerprint density at radius 3 is 2.48 bits per heavy atom. The largest absolute Gasteiger partial charge is 0.348 e. The predicted molar refractivity (Wildman–Crippen MR) is 90.1 cm³/mol. The van der Waals surface area contributed by atoms with Gasteiger partial charge in [-0.1, -0.05) is 18.2 Å². The van der Waals surface area contributed by atoms with Crippen LogP contribution in [0.1, 0.15) is 18.5 Å². The number of aryl methyl sites for hydroxylation is 1. The number of halogens is 2. The van der Waals surface area contributed by atoms with Gasteiger partial charge in [-0.05, 0) is 36.8 Å². The highest BCUT2D eigenvalue weighted by atomic mass is 19.2. The number of hydrogen-bond acceptors (Lipinski definition) is 2. The van der Waals surface area contributed by atoms with Gasteiger partial charge in [0.05, 0.1) is 17.1 Å². The minimum Gasteiger partial charge on any atom is -0.348 e. The Bertz CT molecular complexity index is 1010. The second-order valence-electron chi connectivity index (χ2n) is 5.88. The molecule has 0 saturated heterocycles. The topological polar surface area (TPSA) is 56.0 Å². The molecule has 0 aliphatic carbocycles. The van der Waals surface area contributed by atoms with Crippen molar-refractivity contribution >= 4 is 16.9 Å². The number of carbonyl (C=O) groups is 1. The number of amides is 1. The van der Waals surface area contributed by atoms with Crippen molar-refractivity contribution in [2.75, 3.05) is 0 Å². The van der Waals surface area contributed by atoms with Gasteiger partial charge < -0.3 is 5.32 Å². The zero-order valence-electron chi connectivity index (χ0n) is 13.8. The molecule has 5 nitrogen and oxygen atoms in total. The summed E-state index contributed by atoms with van der Waals surface area (Å²) in [5, 5.41) is 2.70. The van der Waals surface area contributed by atoms with E-state index in [9.17, 15) is 18.4 Å².